The Morgan fingerprint density at radius 2 is 2.05 bits per heavy atom. The molecule has 0 aromatic rings. The summed E-state index contributed by atoms with van der Waals surface area (Å²) in [4.78, 5) is 22.8. The number of carbonyl (C=O) groups excluding carboxylic acids is 2. The van der Waals surface area contributed by atoms with Gasteiger partial charge in [-0.15, -0.1) is 0 Å². The fraction of sp³-hybridized carbons (Fsp3) is 0.692. The lowest BCUT2D eigenvalue weighted by Gasteiger charge is -2.24. The Balaban J connectivity index is 2.33. The minimum atomic E-state index is -0.504. The van der Waals surface area contributed by atoms with E-state index in [-0.39, 0.29) is 17.9 Å². The third kappa shape index (κ3) is 5.74. The Morgan fingerprint density at radius 1 is 1.37 bits per heavy atom. The summed E-state index contributed by atoms with van der Waals surface area (Å²) in [5, 5.41) is 5.82. The standard InChI is InChI=1S/C13H22N2O4/c1-13(2,3)19-12(17)15-8-10-6-5-9(7-14-10)11(16)18-4/h5-6,9-10,14H,7-8H2,1-4H3,(H,15,17)/t9-,10-/m0/s1. The molecule has 0 aromatic heterocycles. The summed E-state index contributed by atoms with van der Waals surface area (Å²) in [7, 11) is 1.37. The normalized spacial score (nSPS) is 22.7. The van der Waals surface area contributed by atoms with Crippen molar-refractivity contribution in [2.75, 3.05) is 20.2 Å². The Hall–Kier alpha value is -1.56. The van der Waals surface area contributed by atoms with Crippen molar-refractivity contribution in [3.63, 3.8) is 0 Å². The van der Waals surface area contributed by atoms with E-state index in [0.717, 1.165) is 0 Å². The van der Waals surface area contributed by atoms with Gasteiger partial charge in [0.15, 0.2) is 0 Å². The van der Waals surface area contributed by atoms with Crippen LogP contribution in [0.4, 0.5) is 4.79 Å². The molecule has 0 unspecified atom stereocenters. The molecule has 6 heteroatoms. The molecule has 108 valence electrons. The van der Waals surface area contributed by atoms with E-state index in [0.29, 0.717) is 13.1 Å². The van der Waals surface area contributed by atoms with Crippen molar-refractivity contribution < 1.29 is 19.1 Å². The molecule has 0 bridgehead atoms. The van der Waals surface area contributed by atoms with Gasteiger partial charge in [0.25, 0.3) is 0 Å². The molecule has 0 saturated heterocycles. The van der Waals surface area contributed by atoms with Crippen LogP contribution in [0, 0.1) is 5.92 Å². The summed E-state index contributed by atoms with van der Waals surface area (Å²) in [6.07, 6.45) is 3.20. The molecule has 1 rings (SSSR count). The minimum absolute atomic E-state index is 0.00609. The lowest BCUT2D eigenvalue weighted by atomic mass is 10.0. The van der Waals surface area contributed by atoms with Gasteiger partial charge < -0.3 is 20.1 Å². The van der Waals surface area contributed by atoms with Crippen LogP contribution < -0.4 is 10.6 Å². The molecule has 1 aliphatic rings. The van der Waals surface area contributed by atoms with Crippen LogP contribution in [-0.2, 0) is 14.3 Å². The molecule has 6 nitrogen and oxygen atoms in total. The first-order chi connectivity index (χ1) is 8.81. The van der Waals surface area contributed by atoms with Gasteiger partial charge in [-0.1, -0.05) is 12.2 Å². The lowest BCUT2D eigenvalue weighted by Crippen LogP contribution is -2.46. The summed E-state index contributed by atoms with van der Waals surface area (Å²) in [5.74, 6) is -0.523. The SMILES string of the molecule is COC(=O)[C@H]1C=C[C@@H](CNC(=O)OC(C)(C)C)NC1. The van der Waals surface area contributed by atoms with E-state index in [1.807, 2.05) is 26.8 Å². The number of nitrogens with one attached hydrogen (secondary N) is 2. The zero-order valence-corrected chi connectivity index (χ0v) is 11.9. The van der Waals surface area contributed by atoms with Gasteiger partial charge in [-0.05, 0) is 20.8 Å². The monoisotopic (exact) mass is 270 g/mol. The van der Waals surface area contributed by atoms with Crippen molar-refractivity contribution in [1.82, 2.24) is 10.6 Å². The van der Waals surface area contributed by atoms with Crippen molar-refractivity contribution in [3.05, 3.63) is 12.2 Å². The highest BCUT2D eigenvalue weighted by molar-refractivity contribution is 5.74. The maximum absolute atomic E-state index is 11.5. The van der Waals surface area contributed by atoms with Crippen molar-refractivity contribution in [2.24, 2.45) is 5.92 Å². The number of hydrogen-bond acceptors (Lipinski definition) is 5. The smallest absolute Gasteiger partial charge is 0.407 e. The molecule has 0 saturated carbocycles. The molecule has 0 spiro atoms. The summed E-state index contributed by atoms with van der Waals surface area (Å²) in [6.45, 7) is 6.36. The fourth-order valence-electron chi connectivity index (χ4n) is 1.64. The van der Waals surface area contributed by atoms with Crippen molar-refractivity contribution in [3.8, 4) is 0 Å². The van der Waals surface area contributed by atoms with Crippen LogP contribution in [-0.4, -0.2) is 43.9 Å². The molecule has 1 heterocycles. The van der Waals surface area contributed by atoms with Gasteiger partial charge in [-0.25, -0.2) is 4.79 Å². The second-order valence-electron chi connectivity index (χ2n) is 5.41. The van der Waals surface area contributed by atoms with Gasteiger partial charge >= 0.3 is 12.1 Å². The summed E-state index contributed by atoms with van der Waals surface area (Å²) in [6, 6.07) is -0.00609. The molecule has 0 fully saturated rings. The summed E-state index contributed by atoms with van der Waals surface area (Å²) in [5.41, 5.74) is -0.504. The maximum atomic E-state index is 11.5. The molecule has 19 heavy (non-hydrogen) atoms. The van der Waals surface area contributed by atoms with E-state index in [1.54, 1.807) is 6.08 Å². The number of rotatable bonds is 3. The largest absolute Gasteiger partial charge is 0.469 e. The molecule has 1 aliphatic heterocycles. The second kappa shape index (κ2) is 6.56. The molecule has 2 atom stereocenters. The molecule has 0 radical (unpaired) electrons. The summed E-state index contributed by atoms with van der Waals surface area (Å²) < 4.78 is 9.79. The van der Waals surface area contributed by atoms with Crippen LogP contribution in [0.15, 0.2) is 12.2 Å². The quantitative estimate of drug-likeness (QED) is 0.587. The van der Waals surface area contributed by atoms with Crippen LogP contribution in [0.25, 0.3) is 0 Å². The van der Waals surface area contributed by atoms with Crippen LogP contribution >= 0.6 is 0 Å². The third-order valence-electron chi connectivity index (χ3n) is 2.54. The molecule has 2 N–H and O–H groups in total. The Morgan fingerprint density at radius 3 is 2.53 bits per heavy atom. The van der Waals surface area contributed by atoms with Crippen molar-refractivity contribution in [2.45, 2.75) is 32.4 Å². The Bertz CT molecular complexity index is 360. The van der Waals surface area contributed by atoms with Crippen LogP contribution in [0.5, 0.6) is 0 Å². The zero-order valence-electron chi connectivity index (χ0n) is 11.9. The zero-order chi connectivity index (χ0) is 14.5. The van der Waals surface area contributed by atoms with E-state index in [4.69, 9.17) is 4.74 Å². The van der Waals surface area contributed by atoms with E-state index >= 15 is 0 Å². The molecule has 0 aliphatic carbocycles. The van der Waals surface area contributed by atoms with Gasteiger partial charge in [-0.2, -0.15) is 0 Å². The van der Waals surface area contributed by atoms with Crippen molar-refractivity contribution in [1.29, 1.82) is 0 Å². The van der Waals surface area contributed by atoms with Crippen LogP contribution in [0.3, 0.4) is 0 Å². The first-order valence-corrected chi connectivity index (χ1v) is 6.28. The number of esters is 1. The predicted octanol–water partition coefficient (Wildman–Crippen LogP) is 0.828. The van der Waals surface area contributed by atoms with E-state index in [9.17, 15) is 9.59 Å². The summed E-state index contributed by atoms with van der Waals surface area (Å²) >= 11 is 0. The van der Waals surface area contributed by atoms with Crippen molar-refractivity contribution >= 4 is 12.1 Å². The number of amides is 1. The Labute approximate surface area is 113 Å². The van der Waals surface area contributed by atoms with Gasteiger partial charge in [0.1, 0.15) is 5.60 Å². The molecule has 0 aromatic carbocycles. The van der Waals surface area contributed by atoms with E-state index in [1.165, 1.54) is 7.11 Å². The average Bonchev–Trinajstić information content (AvgIpc) is 2.34. The molecule has 1 amide bonds. The van der Waals surface area contributed by atoms with E-state index < -0.39 is 11.7 Å². The highest BCUT2D eigenvalue weighted by Gasteiger charge is 2.22. The predicted molar refractivity (Wildman–Crippen MR) is 70.7 cm³/mol. The second-order valence-corrected chi connectivity index (χ2v) is 5.41. The van der Waals surface area contributed by atoms with Crippen LogP contribution in [0.1, 0.15) is 20.8 Å². The molecular weight excluding hydrogens is 248 g/mol. The first-order valence-electron chi connectivity index (χ1n) is 6.28. The van der Waals surface area contributed by atoms with Gasteiger partial charge in [0, 0.05) is 19.1 Å². The maximum Gasteiger partial charge on any atom is 0.407 e. The van der Waals surface area contributed by atoms with Gasteiger partial charge in [0.05, 0.1) is 13.0 Å². The van der Waals surface area contributed by atoms with E-state index in [2.05, 4.69) is 15.4 Å². The Kier molecular flexibility index (Phi) is 5.35. The highest BCUT2D eigenvalue weighted by atomic mass is 16.6. The van der Waals surface area contributed by atoms with Gasteiger partial charge in [-0.3, -0.25) is 4.79 Å². The number of methoxy groups -OCH3 is 1. The fourth-order valence-corrected chi connectivity index (χ4v) is 1.64. The number of ether oxygens (including phenoxy) is 2. The first kappa shape index (κ1) is 15.5. The topological polar surface area (TPSA) is 76.7 Å². The number of carbonyl (C=O) groups is 2. The number of hydrogen-bond donors (Lipinski definition) is 2. The minimum Gasteiger partial charge on any atom is -0.469 e. The van der Waals surface area contributed by atoms with Gasteiger partial charge in [0.2, 0.25) is 0 Å². The lowest BCUT2D eigenvalue weighted by molar-refractivity contribution is -0.143. The third-order valence-corrected chi connectivity index (χ3v) is 2.54. The van der Waals surface area contributed by atoms with Crippen LogP contribution in [0.2, 0.25) is 0 Å². The average molecular weight is 270 g/mol. The molecular formula is C13H22N2O4. The number of alkyl carbamates (subject to hydrolysis) is 1. The highest BCUT2D eigenvalue weighted by Crippen LogP contribution is 2.08.